The van der Waals surface area contributed by atoms with E-state index in [1.807, 2.05) is 4.90 Å². The van der Waals surface area contributed by atoms with Crippen molar-refractivity contribution in [1.29, 1.82) is 0 Å². The van der Waals surface area contributed by atoms with Gasteiger partial charge < -0.3 is 9.80 Å². The molecule has 0 spiro atoms. The number of nitro groups is 1. The number of hydrogen-bond donors (Lipinski definition) is 0. The summed E-state index contributed by atoms with van der Waals surface area (Å²) in [5.74, 6) is -1.00. The number of piperidine rings is 1. The van der Waals surface area contributed by atoms with Gasteiger partial charge in [-0.1, -0.05) is 32.9 Å². The van der Waals surface area contributed by atoms with Crippen molar-refractivity contribution in [3.05, 3.63) is 34.4 Å². The lowest BCUT2D eigenvalue weighted by Gasteiger charge is -2.37. The number of anilines is 1. The van der Waals surface area contributed by atoms with Gasteiger partial charge in [-0.2, -0.15) is 13.2 Å². The van der Waals surface area contributed by atoms with Crippen molar-refractivity contribution in [3.63, 3.8) is 0 Å². The molecule has 0 atom stereocenters. The Morgan fingerprint density at radius 2 is 1.75 bits per heavy atom. The minimum atomic E-state index is -4.45. The predicted molar refractivity (Wildman–Crippen MR) is 100 cm³/mol. The smallest absolute Gasteiger partial charge is 0.366 e. The summed E-state index contributed by atoms with van der Waals surface area (Å²) in [5.41, 5.74) is 0.00524. The Morgan fingerprint density at radius 1 is 1.18 bits per heavy atom. The van der Waals surface area contributed by atoms with E-state index >= 15 is 0 Å². The van der Waals surface area contributed by atoms with Gasteiger partial charge >= 0.3 is 6.18 Å². The lowest BCUT2D eigenvalue weighted by atomic mass is 9.92. The van der Waals surface area contributed by atoms with Crippen molar-refractivity contribution in [3.8, 4) is 0 Å². The second-order valence-corrected chi connectivity index (χ2v) is 8.38. The molecule has 0 saturated carbocycles. The zero-order valence-electron chi connectivity index (χ0n) is 16.3. The Bertz CT molecular complexity index is 692. The summed E-state index contributed by atoms with van der Waals surface area (Å²) in [4.78, 5) is 26.2. The summed E-state index contributed by atoms with van der Waals surface area (Å²) in [6.45, 7) is 4.92. The zero-order valence-corrected chi connectivity index (χ0v) is 16.3. The third kappa shape index (κ3) is 6.10. The van der Waals surface area contributed by atoms with E-state index in [0.717, 1.165) is 4.90 Å². The van der Waals surface area contributed by atoms with Gasteiger partial charge in [0.1, 0.15) is 12.2 Å². The SMILES string of the molecule is CC(C)(C)CN(CC(F)(F)F)C(=O)C1CCN(c2ccccc2[N+](=O)[O-])CC1. The molecule has 0 aliphatic carbocycles. The minimum Gasteiger partial charge on any atom is -0.366 e. The van der Waals surface area contributed by atoms with Crippen molar-refractivity contribution in [2.75, 3.05) is 31.1 Å². The van der Waals surface area contributed by atoms with Crippen LogP contribution >= 0.6 is 0 Å². The van der Waals surface area contributed by atoms with Crippen LogP contribution in [0.2, 0.25) is 0 Å². The molecule has 1 aliphatic rings. The average Bonchev–Trinajstić information content (AvgIpc) is 2.58. The first-order chi connectivity index (χ1) is 12.9. The van der Waals surface area contributed by atoms with Gasteiger partial charge in [0.25, 0.3) is 5.69 Å². The summed E-state index contributed by atoms with van der Waals surface area (Å²) >= 11 is 0. The van der Waals surface area contributed by atoms with Crippen LogP contribution in [0.4, 0.5) is 24.5 Å². The highest BCUT2D eigenvalue weighted by atomic mass is 19.4. The van der Waals surface area contributed by atoms with Crippen LogP contribution in [-0.2, 0) is 4.79 Å². The zero-order chi connectivity index (χ0) is 21.1. The molecule has 0 bridgehead atoms. The molecule has 1 aromatic carbocycles. The maximum Gasteiger partial charge on any atom is 0.406 e. The normalized spacial score (nSPS) is 16.1. The average molecular weight is 401 g/mol. The van der Waals surface area contributed by atoms with E-state index in [4.69, 9.17) is 0 Å². The standard InChI is InChI=1S/C19H26F3N3O3/c1-18(2,3)12-24(13-19(20,21)22)17(26)14-8-10-23(11-9-14)15-6-4-5-7-16(15)25(27)28/h4-7,14H,8-13H2,1-3H3. The van der Waals surface area contributed by atoms with Gasteiger partial charge in [-0.15, -0.1) is 0 Å². The van der Waals surface area contributed by atoms with Crippen molar-refractivity contribution in [1.82, 2.24) is 4.90 Å². The van der Waals surface area contributed by atoms with Gasteiger partial charge in [0.05, 0.1) is 4.92 Å². The monoisotopic (exact) mass is 401 g/mol. The Morgan fingerprint density at radius 3 is 2.25 bits per heavy atom. The highest BCUT2D eigenvalue weighted by Gasteiger charge is 2.38. The number of nitro benzene ring substituents is 1. The number of para-hydroxylation sites is 2. The maximum atomic E-state index is 12.9. The molecule has 1 aliphatic heterocycles. The first-order valence-corrected chi connectivity index (χ1v) is 9.21. The van der Waals surface area contributed by atoms with Crippen molar-refractivity contribution >= 4 is 17.3 Å². The Labute approximate surface area is 162 Å². The van der Waals surface area contributed by atoms with Crippen LogP contribution in [-0.4, -0.2) is 48.1 Å². The molecule has 1 aromatic rings. The fraction of sp³-hybridized carbons (Fsp3) is 0.632. The van der Waals surface area contributed by atoms with Gasteiger partial charge in [0, 0.05) is 31.6 Å². The molecule has 9 heteroatoms. The number of rotatable bonds is 5. The third-order valence-electron chi connectivity index (χ3n) is 4.61. The highest BCUT2D eigenvalue weighted by Crippen LogP contribution is 2.32. The van der Waals surface area contributed by atoms with Crippen molar-refractivity contribution in [2.24, 2.45) is 11.3 Å². The number of benzene rings is 1. The maximum absolute atomic E-state index is 12.9. The molecule has 1 saturated heterocycles. The van der Waals surface area contributed by atoms with Gasteiger partial charge in [-0.05, 0) is 24.3 Å². The Hall–Kier alpha value is -2.32. The summed E-state index contributed by atoms with van der Waals surface area (Å²) < 4.78 is 38.8. The van der Waals surface area contributed by atoms with E-state index in [0.29, 0.717) is 31.6 Å². The molecule has 0 N–H and O–H groups in total. The molecular formula is C19H26F3N3O3. The molecule has 1 heterocycles. The van der Waals surface area contributed by atoms with Gasteiger partial charge in [-0.3, -0.25) is 14.9 Å². The van der Waals surface area contributed by atoms with Crippen LogP contribution in [0.25, 0.3) is 0 Å². The van der Waals surface area contributed by atoms with Crippen LogP contribution in [0.15, 0.2) is 24.3 Å². The van der Waals surface area contributed by atoms with Crippen LogP contribution in [0, 0.1) is 21.4 Å². The second kappa shape index (κ2) is 8.36. The fourth-order valence-electron chi connectivity index (χ4n) is 3.51. The lowest BCUT2D eigenvalue weighted by Crippen LogP contribution is -2.48. The molecule has 0 aromatic heterocycles. The predicted octanol–water partition coefficient (Wildman–Crippen LogP) is 4.25. The van der Waals surface area contributed by atoms with Gasteiger partial charge in [0.2, 0.25) is 5.91 Å². The van der Waals surface area contributed by atoms with E-state index in [1.165, 1.54) is 6.07 Å². The number of carbonyl (C=O) groups excluding carboxylic acids is 1. The summed E-state index contributed by atoms with van der Waals surface area (Å²) in [6, 6.07) is 6.35. The molecule has 1 amide bonds. The van der Waals surface area contributed by atoms with Crippen LogP contribution in [0.3, 0.4) is 0 Å². The van der Waals surface area contributed by atoms with E-state index in [2.05, 4.69) is 0 Å². The van der Waals surface area contributed by atoms with Crippen molar-refractivity contribution in [2.45, 2.75) is 39.8 Å². The Kier molecular flexibility index (Phi) is 6.56. The molecule has 2 rings (SSSR count). The number of hydrogen-bond acceptors (Lipinski definition) is 4. The lowest BCUT2D eigenvalue weighted by molar-refractivity contribution is -0.384. The largest absolute Gasteiger partial charge is 0.406 e. The first-order valence-electron chi connectivity index (χ1n) is 9.21. The summed E-state index contributed by atoms with van der Waals surface area (Å²) in [5, 5.41) is 11.2. The minimum absolute atomic E-state index is 0.0151. The highest BCUT2D eigenvalue weighted by molar-refractivity contribution is 5.79. The summed E-state index contributed by atoms with van der Waals surface area (Å²) in [7, 11) is 0. The van der Waals surface area contributed by atoms with Gasteiger partial charge in [-0.25, -0.2) is 0 Å². The molecule has 6 nitrogen and oxygen atoms in total. The number of halogens is 3. The number of amides is 1. The topological polar surface area (TPSA) is 66.7 Å². The van der Waals surface area contributed by atoms with E-state index in [1.54, 1.807) is 39.0 Å². The molecule has 0 unspecified atom stereocenters. The van der Waals surface area contributed by atoms with Gasteiger partial charge in [0.15, 0.2) is 0 Å². The summed E-state index contributed by atoms with van der Waals surface area (Å²) in [6.07, 6.45) is -3.72. The van der Waals surface area contributed by atoms with Crippen LogP contribution < -0.4 is 4.90 Å². The van der Waals surface area contributed by atoms with Crippen molar-refractivity contribution < 1.29 is 22.9 Å². The molecule has 156 valence electrons. The Balaban J connectivity index is 2.08. The van der Waals surface area contributed by atoms with Crippen LogP contribution in [0.5, 0.6) is 0 Å². The number of alkyl halides is 3. The third-order valence-corrected chi connectivity index (χ3v) is 4.61. The molecule has 28 heavy (non-hydrogen) atoms. The van der Waals surface area contributed by atoms with E-state index < -0.39 is 34.9 Å². The molecule has 1 fully saturated rings. The van der Waals surface area contributed by atoms with Crippen LogP contribution in [0.1, 0.15) is 33.6 Å². The number of carbonyl (C=O) groups is 1. The van der Waals surface area contributed by atoms with E-state index in [9.17, 15) is 28.1 Å². The van der Waals surface area contributed by atoms with E-state index in [-0.39, 0.29) is 12.2 Å². The second-order valence-electron chi connectivity index (χ2n) is 8.38. The molecule has 0 radical (unpaired) electrons. The number of nitrogens with zero attached hydrogens (tertiary/aromatic N) is 3. The quantitative estimate of drug-likeness (QED) is 0.547. The first kappa shape index (κ1) is 22.0. The fourth-order valence-corrected chi connectivity index (χ4v) is 3.51. The molecular weight excluding hydrogens is 375 g/mol.